The maximum atomic E-state index is 14.6. The van der Waals surface area contributed by atoms with E-state index < -0.39 is 22.8 Å². The molecule has 0 spiro atoms. The molecule has 132 valence electrons. The van der Waals surface area contributed by atoms with Crippen LogP contribution in [0.4, 0.5) is 13.2 Å². The lowest BCUT2D eigenvalue weighted by Crippen LogP contribution is -2.24. The van der Waals surface area contributed by atoms with Crippen molar-refractivity contribution in [2.75, 3.05) is 14.2 Å². The van der Waals surface area contributed by atoms with Crippen molar-refractivity contribution in [2.45, 2.75) is 17.8 Å². The van der Waals surface area contributed by atoms with E-state index in [0.717, 1.165) is 6.07 Å². The minimum Gasteiger partial charge on any atom is -0.481 e. The topological polar surface area (TPSA) is 34.2 Å². The van der Waals surface area contributed by atoms with Gasteiger partial charge in [0.2, 0.25) is 5.88 Å². The van der Waals surface area contributed by atoms with Gasteiger partial charge in [-0.3, -0.25) is 0 Å². The van der Waals surface area contributed by atoms with Crippen molar-refractivity contribution in [3.8, 4) is 5.88 Å². The molecule has 1 N–H and O–H groups in total. The van der Waals surface area contributed by atoms with Crippen molar-refractivity contribution in [3.05, 3.63) is 59.0 Å². The Balaban J connectivity index is 0.00000288. The van der Waals surface area contributed by atoms with Crippen LogP contribution in [-0.4, -0.2) is 19.1 Å². The predicted octanol–water partition coefficient (Wildman–Crippen LogP) is 4.44. The van der Waals surface area contributed by atoms with Crippen LogP contribution >= 0.6 is 24.0 Å². The Morgan fingerprint density at radius 3 is 2.46 bits per heavy atom. The number of hydrogen-bond donors (Lipinski definition) is 1. The average Bonchev–Trinajstić information content (AvgIpc) is 2.55. The van der Waals surface area contributed by atoms with Gasteiger partial charge in [0, 0.05) is 12.1 Å². The van der Waals surface area contributed by atoms with E-state index in [2.05, 4.69) is 10.3 Å². The number of ether oxygens (including phenoxy) is 1. The third-order valence-corrected chi connectivity index (χ3v) is 3.83. The lowest BCUT2D eigenvalue weighted by atomic mass is 10.0. The molecule has 3 nitrogen and oxygen atoms in total. The minimum absolute atomic E-state index is 0. The van der Waals surface area contributed by atoms with Crippen molar-refractivity contribution in [2.24, 2.45) is 0 Å². The van der Waals surface area contributed by atoms with Crippen LogP contribution in [0.15, 0.2) is 36.4 Å². The van der Waals surface area contributed by atoms with Crippen LogP contribution in [0.1, 0.15) is 22.2 Å². The van der Waals surface area contributed by atoms with Crippen LogP contribution < -0.4 is 10.1 Å². The lowest BCUT2D eigenvalue weighted by molar-refractivity contribution is -0.0182. The van der Waals surface area contributed by atoms with Gasteiger partial charge in [-0.1, -0.05) is 30.3 Å². The molecule has 1 unspecified atom stereocenters. The van der Waals surface area contributed by atoms with Gasteiger partial charge in [-0.15, -0.1) is 24.0 Å². The quantitative estimate of drug-likeness (QED) is 0.752. The van der Waals surface area contributed by atoms with Gasteiger partial charge in [0.25, 0.3) is 0 Å². The summed E-state index contributed by atoms with van der Waals surface area (Å²) in [6.07, 6.45) is 0. The summed E-state index contributed by atoms with van der Waals surface area (Å²) in [5.41, 5.74) is -0.505. The predicted molar refractivity (Wildman–Crippen MR) is 89.7 cm³/mol. The van der Waals surface area contributed by atoms with E-state index in [1.54, 1.807) is 25.2 Å². The molecule has 1 aromatic carbocycles. The molecule has 1 atom stereocenters. The molecule has 0 fully saturated rings. The summed E-state index contributed by atoms with van der Waals surface area (Å²) in [6.45, 7) is 0.238. The van der Waals surface area contributed by atoms with Gasteiger partial charge in [0.15, 0.2) is 11.5 Å². The summed E-state index contributed by atoms with van der Waals surface area (Å²) < 4.78 is 48.4. The highest BCUT2D eigenvalue weighted by atomic mass is 35.5. The Morgan fingerprint density at radius 2 is 1.92 bits per heavy atom. The van der Waals surface area contributed by atoms with Gasteiger partial charge in [-0.05, 0) is 18.7 Å². The molecule has 2 rings (SSSR count). The molecule has 0 aliphatic carbocycles. The van der Waals surface area contributed by atoms with E-state index in [-0.39, 0.29) is 30.4 Å². The second-order valence-corrected chi connectivity index (χ2v) is 5.35. The molecule has 0 amide bonds. The molecule has 0 aliphatic rings. The summed E-state index contributed by atoms with van der Waals surface area (Å²) in [5.74, 6) is -4.88. The van der Waals surface area contributed by atoms with E-state index in [9.17, 15) is 13.2 Å². The maximum Gasteiger partial charge on any atom is 0.312 e. The number of alkyl halides is 3. The zero-order chi connectivity index (χ0) is 17.0. The highest BCUT2D eigenvalue weighted by Gasteiger charge is 2.45. The number of aromatic nitrogens is 1. The summed E-state index contributed by atoms with van der Waals surface area (Å²) >= 11 is 5.89. The monoisotopic (exact) mass is 380 g/mol. The molecule has 0 saturated heterocycles. The summed E-state index contributed by atoms with van der Waals surface area (Å²) in [7, 11) is 2.93. The minimum atomic E-state index is -3.70. The van der Waals surface area contributed by atoms with E-state index >= 15 is 0 Å². The van der Waals surface area contributed by atoms with Gasteiger partial charge in [0.05, 0.1) is 7.11 Å². The maximum absolute atomic E-state index is 14.6. The van der Waals surface area contributed by atoms with E-state index in [1.807, 2.05) is 0 Å². The smallest absolute Gasteiger partial charge is 0.312 e. The Morgan fingerprint density at radius 1 is 1.29 bits per heavy atom. The summed E-state index contributed by atoms with van der Waals surface area (Å²) in [4.78, 5) is 3.66. The van der Waals surface area contributed by atoms with Crippen molar-refractivity contribution in [3.63, 3.8) is 0 Å². The van der Waals surface area contributed by atoms with E-state index in [4.69, 9.17) is 16.3 Å². The third kappa shape index (κ3) is 4.12. The van der Waals surface area contributed by atoms with Crippen LogP contribution in [0.5, 0.6) is 5.88 Å². The van der Waals surface area contributed by atoms with Crippen molar-refractivity contribution in [1.29, 1.82) is 0 Å². The number of rotatable bonds is 6. The standard InChI is InChI=1S/C16H16ClF3N2O.ClH/c1-21-9-11-8-12(18)14(22-15(11)23-2)16(19,20)13(17)10-6-4-3-5-7-10;/h3-8,13,21H,9H2,1-2H3;1H. The molecular weight excluding hydrogens is 364 g/mol. The molecular formula is C16H17Cl2F3N2O. The number of methoxy groups -OCH3 is 1. The van der Waals surface area contributed by atoms with Crippen molar-refractivity contribution < 1.29 is 17.9 Å². The molecule has 1 aromatic heterocycles. The number of nitrogens with one attached hydrogen (secondary N) is 1. The van der Waals surface area contributed by atoms with Gasteiger partial charge >= 0.3 is 5.92 Å². The first-order chi connectivity index (χ1) is 10.9. The average molecular weight is 381 g/mol. The molecule has 0 radical (unpaired) electrons. The molecule has 1 heterocycles. The first kappa shape index (κ1) is 20.5. The number of nitrogens with zero attached hydrogens (tertiary/aromatic N) is 1. The second-order valence-electron chi connectivity index (χ2n) is 4.91. The van der Waals surface area contributed by atoms with Crippen LogP contribution in [0.3, 0.4) is 0 Å². The molecule has 8 heteroatoms. The van der Waals surface area contributed by atoms with Crippen LogP contribution in [-0.2, 0) is 12.5 Å². The highest BCUT2D eigenvalue weighted by molar-refractivity contribution is 6.21. The SMILES string of the molecule is CNCc1cc(F)c(C(F)(F)C(Cl)c2ccccc2)nc1OC.Cl. The Labute approximate surface area is 149 Å². The molecule has 0 saturated carbocycles. The molecule has 0 bridgehead atoms. The van der Waals surface area contributed by atoms with Crippen LogP contribution in [0.2, 0.25) is 0 Å². The molecule has 24 heavy (non-hydrogen) atoms. The van der Waals surface area contributed by atoms with Crippen molar-refractivity contribution in [1.82, 2.24) is 10.3 Å². The lowest BCUT2D eigenvalue weighted by Gasteiger charge is -2.23. The van der Waals surface area contributed by atoms with Gasteiger partial charge < -0.3 is 10.1 Å². The largest absolute Gasteiger partial charge is 0.481 e. The molecule has 0 aliphatic heterocycles. The summed E-state index contributed by atoms with van der Waals surface area (Å²) in [5, 5.41) is 1.05. The number of benzene rings is 1. The van der Waals surface area contributed by atoms with E-state index in [0.29, 0.717) is 5.56 Å². The van der Waals surface area contributed by atoms with Gasteiger partial charge in [0.1, 0.15) is 5.38 Å². The molecule has 2 aromatic rings. The number of pyridine rings is 1. The highest BCUT2D eigenvalue weighted by Crippen LogP contribution is 2.45. The zero-order valence-electron chi connectivity index (χ0n) is 13.0. The Hall–Kier alpha value is -1.50. The fourth-order valence-corrected chi connectivity index (χ4v) is 2.44. The summed E-state index contributed by atoms with van der Waals surface area (Å²) in [6, 6.07) is 8.74. The Bertz CT molecular complexity index is 672. The van der Waals surface area contributed by atoms with E-state index in [1.165, 1.54) is 19.2 Å². The third-order valence-electron chi connectivity index (χ3n) is 3.30. The first-order valence-corrected chi connectivity index (χ1v) is 7.30. The van der Waals surface area contributed by atoms with Crippen LogP contribution in [0.25, 0.3) is 0 Å². The zero-order valence-corrected chi connectivity index (χ0v) is 14.6. The van der Waals surface area contributed by atoms with Crippen LogP contribution in [0, 0.1) is 5.82 Å². The number of hydrogen-bond acceptors (Lipinski definition) is 3. The van der Waals surface area contributed by atoms with Gasteiger partial charge in [-0.2, -0.15) is 8.78 Å². The number of halogens is 5. The Kier molecular flexibility index (Phi) is 7.32. The fraction of sp³-hybridized carbons (Fsp3) is 0.312. The van der Waals surface area contributed by atoms with Crippen molar-refractivity contribution >= 4 is 24.0 Å². The fourth-order valence-electron chi connectivity index (χ4n) is 2.19. The first-order valence-electron chi connectivity index (χ1n) is 6.87. The second kappa shape index (κ2) is 8.55. The normalized spacial score (nSPS) is 12.4. The van der Waals surface area contributed by atoms with Gasteiger partial charge in [-0.25, -0.2) is 9.37 Å².